The number of benzene rings is 1. The van der Waals surface area contributed by atoms with Gasteiger partial charge in [0.15, 0.2) is 0 Å². The summed E-state index contributed by atoms with van der Waals surface area (Å²) in [6.45, 7) is 8.01. The lowest BCUT2D eigenvalue weighted by Gasteiger charge is -2.17. The number of amides is 1. The highest BCUT2D eigenvalue weighted by molar-refractivity contribution is 5.75. The lowest BCUT2D eigenvalue weighted by atomic mass is 9.91. The molecule has 0 fully saturated rings. The van der Waals surface area contributed by atoms with Crippen molar-refractivity contribution in [3.63, 3.8) is 0 Å². The Morgan fingerprint density at radius 2 is 1.85 bits per heavy atom. The maximum absolute atomic E-state index is 11.6. The zero-order chi connectivity index (χ0) is 14.8. The van der Waals surface area contributed by atoms with Gasteiger partial charge in [0.05, 0.1) is 6.61 Å². The van der Waals surface area contributed by atoms with Crippen LogP contribution in [-0.2, 0) is 4.79 Å². The van der Waals surface area contributed by atoms with Crippen molar-refractivity contribution >= 4 is 5.91 Å². The first-order chi connectivity index (χ1) is 9.47. The number of hydrogen-bond donors (Lipinski definition) is 1. The summed E-state index contributed by atoms with van der Waals surface area (Å²) >= 11 is 0. The molecule has 1 aromatic carbocycles. The van der Waals surface area contributed by atoms with Gasteiger partial charge in [-0.15, -0.1) is 0 Å². The average molecular weight is 277 g/mol. The molecule has 0 saturated heterocycles. The van der Waals surface area contributed by atoms with E-state index in [-0.39, 0.29) is 5.91 Å². The number of carbonyl (C=O) groups is 1. The van der Waals surface area contributed by atoms with Crippen molar-refractivity contribution in [3.05, 3.63) is 30.3 Å². The summed E-state index contributed by atoms with van der Waals surface area (Å²) in [7, 11) is 0. The average Bonchev–Trinajstić information content (AvgIpc) is 2.40. The van der Waals surface area contributed by atoms with Gasteiger partial charge in [-0.05, 0) is 36.8 Å². The summed E-state index contributed by atoms with van der Waals surface area (Å²) in [5.74, 6) is 0.980. The third-order valence-electron chi connectivity index (χ3n) is 2.99. The Hall–Kier alpha value is -1.51. The van der Waals surface area contributed by atoms with Gasteiger partial charge >= 0.3 is 0 Å². The second-order valence-electron chi connectivity index (χ2n) is 6.28. The Labute approximate surface area is 122 Å². The molecule has 0 aliphatic rings. The fraction of sp³-hybridized carbons (Fsp3) is 0.588. The molecule has 0 heterocycles. The van der Waals surface area contributed by atoms with Crippen molar-refractivity contribution in [1.29, 1.82) is 0 Å². The van der Waals surface area contributed by atoms with Crippen molar-refractivity contribution in [3.8, 4) is 5.75 Å². The molecule has 20 heavy (non-hydrogen) atoms. The van der Waals surface area contributed by atoms with E-state index in [0.29, 0.717) is 18.4 Å². The van der Waals surface area contributed by atoms with E-state index < -0.39 is 0 Å². The first-order valence-corrected chi connectivity index (χ1v) is 7.42. The molecule has 0 aliphatic carbocycles. The van der Waals surface area contributed by atoms with Crippen molar-refractivity contribution in [1.82, 2.24) is 5.32 Å². The second-order valence-corrected chi connectivity index (χ2v) is 6.28. The molecule has 0 aromatic heterocycles. The number of ether oxygens (including phenoxy) is 1. The van der Waals surface area contributed by atoms with Crippen LogP contribution in [0.25, 0.3) is 0 Å². The Balaban J connectivity index is 2.00. The van der Waals surface area contributed by atoms with Crippen LogP contribution in [0.5, 0.6) is 5.75 Å². The number of carbonyl (C=O) groups excluding carboxylic acids is 1. The summed E-state index contributed by atoms with van der Waals surface area (Å²) in [5.41, 5.74) is 0.342. The zero-order valence-electron chi connectivity index (χ0n) is 12.9. The van der Waals surface area contributed by atoms with Gasteiger partial charge in [0.2, 0.25) is 5.91 Å². The third-order valence-corrected chi connectivity index (χ3v) is 2.99. The standard InChI is InChI=1S/C17H27NO2/c1-17(2,3)12-8-13-18-16(19)11-7-14-20-15-9-5-4-6-10-15/h4-6,9-10H,7-8,11-14H2,1-3H3,(H,18,19). The fourth-order valence-corrected chi connectivity index (χ4v) is 1.87. The van der Waals surface area contributed by atoms with Crippen LogP contribution < -0.4 is 10.1 Å². The van der Waals surface area contributed by atoms with Crippen LogP contribution in [0.15, 0.2) is 30.3 Å². The quantitative estimate of drug-likeness (QED) is 0.734. The third kappa shape index (κ3) is 8.57. The highest BCUT2D eigenvalue weighted by Crippen LogP contribution is 2.19. The van der Waals surface area contributed by atoms with E-state index in [0.717, 1.165) is 31.6 Å². The summed E-state index contributed by atoms with van der Waals surface area (Å²) in [4.78, 5) is 11.6. The molecule has 0 bridgehead atoms. The minimum atomic E-state index is 0.121. The predicted octanol–water partition coefficient (Wildman–Crippen LogP) is 3.79. The molecule has 0 atom stereocenters. The van der Waals surface area contributed by atoms with Crippen molar-refractivity contribution in [2.45, 2.75) is 46.5 Å². The topological polar surface area (TPSA) is 38.3 Å². The van der Waals surface area contributed by atoms with E-state index in [9.17, 15) is 4.79 Å². The first-order valence-electron chi connectivity index (χ1n) is 7.42. The second kappa shape index (κ2) is 8.62. The molecule has 1 N–H and O–H groups in total. The number of para-hydroxylation sites is 1. The monoisotopic (exact) mass is 277 g/mol. The van der Waals surface area contributed by atoms with Gasteiger partial charge < -0.3 is 10.1 Å². The van der Waals surface area contributed by atoms with Crippen molar-refractivity contribution in [2.24, 2.45) is 5.41 Å². The smallest absolute Gasteiger partial charge is 0.220 e. The number of nitrogens with one attached hydrogen (secondary N) is 1. The molecule has 1 rings (SSSR count). The Morgan fingerprint density at radius 1 is 1.15 bits per heavy atom. The van der Waals surface area contributed by atoms with Crippen LogP contribution in [0.1, 0.15) is 46.5 Å². The van der Waals surface area contributed by atoms with Crippen LogP contribution >= 0.6 is 0 Å². The molecule has 3 heteroatoms. The molecule has 112 valence electrons. The molecule has 0 saturated carbocycles. The van der Waals surface area contributed by atoms with E-state index in [4.69, 9.17) is 4.74 Å². The van der Waals surface area contributed by atoms with E-state index in [2.05, 4.69) is 26.1 Å². The van der Waals surface area contributed by atoms with Gasteiger partial charge in [-0.3, -0.25) is 4.79 Å². The molecule has 0 aliphatic heterocycles. The van der Waals surface area contributed by atoms with Crippen LogP contribution in [0.3, 0.4) is 0 Å². The SMILES string of the molecule is CC(C)(C)CCCNC(=O)CCCOc1ccccc1. The van der Waals surface area contributed by atoms with Gasteiger partial charge in [0.25, 0.3) is 0 Å². The zero-order valence-corrected chi connectivity index (χ0v) is 12.9. The van der Waals surface area contributed by atoms with Crippen molar-refractivity contribution in [2.75, 3.05) is 13.2 Å². The normalized spacial score (nSPS) is 11.2. The van der Waals surface area contributed by atoms with E-state index in [1.165, 1.54) is 0 Å². The number of rotatable bonds is 8. The fourth-order valence-electron chi connectivity index (χ4n) is 1.87. The summed E-state index contributed by atoms with van der Waals surface area (Å²) in [6, 6.07) is 9.69. The number of hydrogen-bond acceptors (Lipinski definition) is 2. The lowest BCUT2D eigenvalue weighted by molar-refractivity contribution is -0.121. The van der Waals surface area contributed by atoms with Gasteiger partial charge in [-0.1, -0.05) is 39.0 Å². The Kier molecular flexibility index (Phi) is 7.13. The van der Waals surface area contributed by atoms with Gasteiger partial charge in [-0.2, -0.15) is 0 Å². The molecule has 0 spiro atoms. The van der Waals surface area contributed by atoms with Gasteiger partial charge in [0.1, 0.15) is 5.75 Å². The Bertz CT molecular complexity index is 382. The van der Waals surface area contributed by atoms with E-state index >= 15 is 0 Å². The van der Waals surface area contributed by atoms with Crippen LogP contribution in [0.2, 0.25) is 0 Å². The molecule has 0 radical (unpaired) electrons. The maximum atomic E-state index is 11.6. The van der Waals surface area contributed by atoms with Crippen LogP contribution in [0, 0.1) is 5.41 Å². The van der Waals surface area contributed by atoms with Crippen molar-refractivity contribution < 1.29 is 9.53 Å². The van der Waals surface area contributed by atoms with E-state index in [1.54, 1.807) is 0 Å². The molecule has 3 nitrogen and oxygen atoms in total. The highest BCUT2D eigenvalue weighted by atomic mass is 16.5. The van der Waals surface area contributed by atoms with Gasteiger partial charge in [-0.25, -0.2) is 0 Å². The minimum absolute atomic E-state index is 0.121. The molecular weight excluding hydrogens is 250 g/mol. The maximum Gasteiger partial charge on any atom is 0.220 e. The van der Waals surface area contributed by atoms with Crippen LogP contribution in [-0.4, -0.2) is 19.1 Å². The summed E-state index contributed by atoms with van der Waals surface area (Å²) in [6.07, 6.45) is 3.45. The summed E-state index contributed by atoms with van der Waals surface area (Å²) < 4.78 is 5.55. The van der Waals surface area contributed by atoms with Gasteiger partial charge in [0, 0.05) is 13.0 Å². The lowest BCUT2D eigenvalue weighted by Crippen LogP contribution is -2.25. The Morgan fingerprint density at radius 3 is 2.50 bits per heavy atom. The van der Waals surface area contributed by atoms with Crippen LogP contribution in [0.4, 0.5) is 0 Å². The predicted molar refractivity (Wildman–Crippen MR) is 82.9 cm³/mol. The summed E-state index contributed by atoms with van der Waals surface area (Å²) in [5, 5.41) is 2.96. The molecular formula is C17H27NO2. The van der Waals surface area contributed by atoms with E-state index in [1.807, 2.05) is 30.3 Å². The largest absolute Gasteiger partial charge is 0.494 e. The molecule has 0 unspecified atom stereocenters. The minimum Gasteiger partial charge on any atom is -0.494 e. The highest BCUT2D eigenvalue weighted by Gasteiger charge is 2.09. The molecule has 1 amide bonds. The first kappa shape index (κ1) is 16.5. The molecule has 1 aromatic rings.